The second kappa shape index (κ2) is 7.97. The first-order valence-corrected chi connectivity index (χ1v) is 11.7. The van der Waals surface area contributed by atoms with Crippen molar-refractivity contribution in [2.24, 2.45) is 5.41 Å². The van der Waals surface area contributed by atoms with Crippen LogP contribution in [0.2, 0.25) is 0 Å². The summed E-state index contributed by atoms with van der Waals surface area (Å²) in [4.78, 5) is 29.8. The van der Waals surface area contributed by atoms with Gasteiger partial charge in [0.05, 0.1) is 0 Å². The first-order chi connectivity index (χ1) is 14.9. The smallest absolute Gasteiger partial charge is 0.339 e. The molecule has 5 rings (SSSR count). The molecule has 2 fully saturated rings. The molecular weight excluding hydrogens is 392 g/mol. The molecule has 2 saturated heterocycles. The molecule has 1 aromatic carbocycles. The molecule has 0 saturated carbocycles. The van der Waals surface area contributed by atoms with E-state index in [-0.39, 0.29) is 16.9 Å². The second-order valence-corrected chi connectivity index (χ2v) is 9.78. The summed E-state index contributed by atoms with van der Waals surface area (Å²) in [5.41, 5.74) is 2.55. The van der Waals surface area contributed by atoms with Crippen LogP contribution in [0.5, 0.6) is 5.75 Å². The minimum atomic E-state index is -0.566. The lowest BCUT2D eigenvalue weighted by Crippen LogP contribution is -2.43. The van der Waals surface area contributed by atoms with E-state index >= 15 is 0 Å². The molecule has 6 heteroatoms. The Labute approximate surface area is 183 Å². The molecule has 1 atom stereocenters. The number of aryl methyl sites for hydroxylation is 1. The molecule has 1 spiro atoms. The minimum absolute atomic E-state index is 0.0443. The molecule has 0 bridgehead atoms. The van der Waals surface area contributed by atoms with Crippen molar-refractivity contribution in [1.29, 1.82) is 0 Å². The minimum Gasteiger partial charge on any atom is -0.481 e. The molecule has 3 aliphatic rings. The van der Waals surface area contributed by atoms with Gasteiger partial charge in [0.15, 0.2) is 6.10 Å². The van der Waals surface area contributed by atoms with Crippen molar-refractivity contribution < 1.29 is 13.9 Å². The third-order valence-corrected chi connectivity index (χ3v) is 7.65. The van der Waals surface area contributed by atoms with Crippen LogP contribution in [0.25, 0.3) is 11.0 Å². The number of likely N-dealkylation sites (tertiary alicyclic amines) is 2. The molecule has 166 valence electrons. The fourth-order valence-corrected chi connectivity index (χ4v) is 5.63. The summed E-state index contributed by atoms with van der Waals surface area (Å²) in [5, 5.41) is 0.990. The third kappa shape index (κ3) is 3.86. The third-order valence-electron chi connectivity index (χ3n) is 7.65. The van der Waals surface area contributed by atoms with Crippen LogP contribution in [0.4, 0.5) is 0 Å². The Bertz CT molecular complexity index is 1050. The van der Waals surface area contributed by atoms with Gasteiger partial charge in [-0.2, -0.15) is 0 Å². The van der Waals surface area contributed by atoms with Gasteiger partial charge in [-0.05, 0) is 95.1 Å². The summed E-state index contributed by atoms with van der Waals surface area (Å²) in [6.07, 6.45) is 6.70. The molecule has 2 aromatic rings. The Balaban J connectivity index is 1.29. The monoisotopic (exact) mass is 424 g/mol. The van der Waals surface area contributed by atoms with E-state index in [9.17, 15) is 9.59 Å². The lowest BCUT2D eigenvalue weighted by molar-refractivity contribution is -0.137. The van der Waals surface area contributed by atoms with Gasteiger partial charge >= 0.3 is 5.63 Å². The molecular formula is C25H32N2O4. The Morgan fingerprint density at radius 1 is 1.10 bits per heavy atom. The highest BCUT2D eigenvalue weighted by molar-refractivity contribution is 5.84. The number of fused-ring (bicyclic) bond motifs is 3. The summed E-state index contributed by atoms with van der Waals surface area (Å²) in [6.45, 7) is 5.69. The molecule has 31 heavy (non-hydrogen) atoms. The average molecular weight is 425 g/mol. The highest BCUT2D eigenvalue weighted by Crippen LogP contribution is 2.40. The highest BCUT2D eigenvalue weighted by Gasteiger charge is 2.42. The number of amides is 1. The maximum atomic E-state index is 13.1. The molecule has 1 unspecified atom stereocenters. The number of piperidine rings is 1. The Morgan fingerprint density at radius 3 is 2.58 bits per heavy atom. The van der Waals surface area contributed by atoms with Gasteiger partial charge in [-0.15, -0.1) is 0 Å². The molecule has 0 radical (unpaired) electrons. The first kappa shape index (κ1) is 20.6. The van der Waals surface area contributed by atoms with Gasteiger partial charge < -0.3 is 19.0 Å². The predicted molar refractivity (Wildman–Crippen MR) is 120 cm³/mol. The Kier molecular flexibility index (Phi) is 5.29. The second-order valence-electron chi connectivity index (χ2n) is 9.78. The number of benzene rings is 1. The SMILES string of the molecule is CC(Oc1ccc2c3c(c(=O)oc2c1)CCCC3)C(=O)N1CCC2(CCN(C)CC2)C1. The molecule has 1 aliphatic carbocycles. The van der Waals surface area contributed by atoms with Gasteiger partial charge in [0.1, 0.15) is 11.3 Å². The van der Waals surface area contributed by atoms with Crippen molar-refractivity contribution in [1.82, 2.24) is 9.80 Å². The largest absolute Gasteiger partial charge is 0.481 e. The van der Waals surface area contributed by atoms with E-state index < -0.39 is 6.10 Å². The summed E-state index contributed by atoms with van der Waals surface area (Å²) in [6, 6.07) is 5.62. The molecule has 6 nitrogen and oxygen atoms in total. The average Bonchev–Trinajstić information content (AvgIpc) is 3.19. The number of ether oxygens (including phenoxy) is 1. The quantitative estimate of drug-likeness (QED) is 0.707. The lowest BCUT2D eigenvalue weighted by atomic mass is 9.78. The normalized spacial score (nSPS) is 21.9. The van der Waals surface area contributed by atoms with Crippen molar-refractivity contribution in [3.8, 4) is 5.75 Å². The van der Waals surface area contributed by atoms with Gasteiger partial charge in [0.25, 0.3) is 5.91 Å². The van der Waals surface area contributed by atoms with Gasteiger partial charge in [-0.25, -0.2) is 4.79 Å². The van der Waals surface area contributed by atoms with Crippen LogP contribution >= 0.6 is 0 Å². The van der Waals surface area contributed by atoms with Gasteiger partial charge in [-0.1, -0.05) is 0 Å². The summed E-state index contributed by atoms with van der Waals surface area (Å²) >= 11 is 0. The van der Waals surface area contributed by atoms with Crippen molar-refractivity contribution in [3.63, 3.8) is 0 Å². The molecule has 1 amide bonds. The van der Waals surface area contributed by atoms with E-state index in [2.05, 4.69) is 11.9 Å². The molecule has 3 heterocycles. The van der Waals surface area contributed by atoms with Crippen LogP contribution in [0.15, 0.2) is 27.4 Å². The Hall–Kier alpha value is -2.34. The predicted octanol–water partition coefficient (Wildman–Crippen LogP) is 3.38. The van der Waals surface area contributed by atoms with Crippen molar-refractivity contribution in [2.45, 2.75) is 58.0 Å². The van der Waals surface area contributed by atoms with Crippen LogP contribution in [0, 0.1) is 5.41 Å². The number of nitrogens with zero attached hydrogens (tertiary/aromatic N) is 2. The molecule has 0 N–H and O–H groups in total. The fraction of sp³-hybridized carbons (Fsp3) is 0.600. The topological polar surface area (TPSA) is 63.0 Å². The van der Waals surface area contributed by atoms with Crippen molar-refractivity contribution >= 4 is 16.9 Å². The van der Waals surface area contributed by atoms with E-state index in [1.165, 1.54) is 0 Å². The number of hydrogen-bond donors (Lipinski definition) is 0. The fourth-order valence-electron chi connectivity index (χ4n) is 5.63. The summed E-state index contributed by atoms with van der Waals surface area (Å²) in [5.74, 6) is 0.614. The summed E-state index contributed by atoms with van der Waals surface area (Å²) in [7, 11) is 2.17. The van der Waals surface area contributed by atoms with E-state index in [0.717, 1.165) is 87.6 Å². The van der Waals surface area contributed by atoms with E-state index in [1.54, 1.807) is 6.07 Å². The Morgan fingerprint density at radius 2 is 1.81 bits per heavy atom. The van der Waals surface area contributed by atoms with Crippen LogP contribution in [0.3, 0.4) is 0 Å². The van der Waals surface area contributed by atoms with Gasteiger partial charge in [0, 0.05) is 30.1 Å². The maximum Gasteiger partial charge on any atom is 0.339 e. The van der Waals surface area contributed by atoms with Crippen LogP contribution in [0.1, 0.15) is 50.2 Å². The standard InChI is InChI=1S/C25H32N2O4/c1-17(23(28)27-14-11-25(16-27)9-12-26(2)13-10-25)30-18-7-8-20-19-5-3-4-6-21(19)24(29)31-22(20)15-18/h7-8,15,17H,3-6,9-14,16H2,1-2H3. The van der Waals surface area contributed by atoms with Crippen molar-refractivity contribution in [3.05, 3.63) is 39.7 Å². The van der Waals surface area contributed by atoms with Crippen LogP contribution in [-0.2, 0) is 17.6 Å². The van der Waals surface area contributed by atoms with Crippen LogP contribution < -0.4 is 10.4 Å². The number of carbonyl (C=O) groups excluding carboxylic acids is 1. The highest BCUT2D eigenvalue weighted by atomic mass is 16.5. The van der Waals surface area contributed by atoms with Gasteiger partial charge in [-0.3, -0.25) is 4.79 Å². The zero-order valence-corrected chi connectivity index (χ0v) is 18.6. The maximum absolute atomic E-state index is 13.1. The first-order valence-electron chi connectivity index (χ1n) is 11.7. The van der Waals surface area contributed by atoms with E-state index in [0.29, 0.717) is 11.3 Å². The van der Waals surface area contributed by atoms with Gasteiger partial charge in [0.2, 0.25) is 0 Å². The lowest BCUT2D eigenvalue weighted by Gasteiger charge is -2.37. The molecule has 2 aliphatic heterocycles. The summed E-state index contributed by atoms with van der Waals surface area (Å²) < 4.78 is 11.6. The van der Waals surface area contributed by atoms with Crippen LogP contribution in [-0.4, -0.2) is 55.0 Å². The van der Waals surface area contributed by atoms with E-state index in [4.69, 9.17) is 9.15 Å². The van der Waals surface area contributed by atoms with Crippen molar-refractivity contribution in [2.75, 3.05) is 33.2 Å². The molecule has 1 aromatic heterocycles. The number of rotatable bonds is 3. The number of hydrogen-bond acceptors (Lipinski definition) is 5. The van der Waals surface area contributed by atoms with E-state index in [1.807, 2.05) is 24.0 Å². The zero-order valence-electron chi connectivity index (χ0n) is 18.6. The zero-order chi connectivity index (χ0) is 21.6. The number of carbonyl (C=O) groups is 1.